The van der Waals surface area contributed by atoms with Gasteiger partial charge in [0.15, 0.2) is 0 Å². The Labute approximate surface area is 122 Å². The molecule has 0 saturated carbocycles. The van der Waals surface area contributed by atoms with E-state index in [4.69, 9.17) is 0 Å². The van der Waals surface area contributed by atoms with Crippen molar-refractivity contribution >= 4 is 11.7 Å². The monoisotopic (exact) mass is 277 g/mol. The standard InChI is InChI=1S/C16H27N3O/c1-5-8-12-19(13(4)6-2)16(20)14-10-9-11-15(18-14)17-7-3/h9-11,13H,5-8,12H2,1-4H3,(H,17,18). The molecule has 0 aliphatic heterocycles. The highest BCUT2D eigenvalue weighted by Crippen LogP contribution is 2.13. The lowest BCUT2D eigenvalue weighted by atomic mass is 10.1. The maximum absolute atomic E-state index is 12.6. The van der Waals surface area contributed by atoms with Crippen LogP contribution in [0.25, 0.3) is 0 Å². The van der Waals surface area contributed by atoms with Crippen LogP contribution in [0.5, 0.6) is 0 Å². The number of aromatic nitrogens is 1. The second-order valence-corrected chi connectivity index (χ2v) is 5.05. The Morgan fingerprint density at radius 2 is 2.10 bits per heavy atom. The van der Waals surface area contributed by atoms with Crippen LogP contribution < -0.4 is 5.32 Å². The van der Waals surface area contributed by atoms with E-state index in [0.29, 0.717) is 5.69 Å². The highest BCUT2D eigenvalue weighted by molar-refractivity contribution is 5.92. The Balaban J connectivity index is 2.89. The minimum Gasteiger partial charge on any atom is -0.370 e. The smallest absolute Gasteiger partial charge is 0.272 e. The highest BCUT2D eigenvalue weighted by atomic mass is 16.2. The van der Waals surface area contributed by atoms with Gasteiger partial charge in [-0.2, -0.15) is 0 Å². The van der Waals surface area contributed by atoms with Crippen molar-refractivity contribution in [3.63, 3.8) is 0 Å². The topological polar surface area (TPSA) is 45.2 Å². The minimum atomic E-state index is 0.0348. The normalized spacial score (nSPS) is 12.0. The largest absolute Gasteiger partial charge is 0.370 e. The number of amides is 1. The number of hydrogen-bond donors (Lipinski definition) is 1. The zero-order valence-corrected chi connectivity index (χ0v) is 13.1. The maximum atomic E-state index is 12.6. The van der Waals surface area contributed by atoms with Crippen molar-refractivity contribution in [2.75, 3.05) is 18.4 Å². The Hall–Kier alpha value is -1.58. The summed E-state index contributed by atoms with van der Waals surface area (Å²) in [7, 11) is 0. The number of hydrogen-bond acceptors (Lipinski definition) is 3. The summed E-state index contributed by atoms with van der Waals surface area (Å²) in [5.74, 6) is 0.797. The second-order valence-electron chi connectivity index (χ2n) is 5.05. The summed E-state index contributed by atoms with van der Waals surface area (Å²) < 4.78 is 0. The molecule has 0 fully saturated rings. The highest BCUT2D eigenvalue weighted by Gasteiger charge is 2.21. The van der Waals surface area contributed by atoms with Gasteiger partial charge in [-0.05, 0) is 38.8 Å². The molecule has 0 spiro atoms. The van der Waals surface area contributed by atoms with E-state index in [1.54, 1.807) is 6.07 Å². The van der Waals surface area contributed by atoms with Gasteiger partial charge in [0.1, 0.15) is 11.5 Å². The van der Waals surface area contributed by atoms with E-state index in [-0.39, 0.29) is 11.9 Å². The van der Waals surface area contributed by atoms with Crippen LogP contribution in [0, 0.1) is 0 Å². The van der Waals surface area contributed by atoms with Gasteiger partial charge < -0.3 is 10.2 Å². The lowest BCUT2D eigenvalue weighted by molar-refractivity contribution is 0.0679. The zero-order chi connectivity index (χ0) is 15.0. The third-order valence-electron chi connectivity index (χ3n) is 3.46. The van der Waals surface area contributed by atoms with Gasteiger partial charge in [-0.15, -0.1) is 0 Å². The minimum absolute atomic E-state index is 0.0348. The molecular formula is C16H27N3O. The molecule has 1 atom stereocenters. The predicted octanol–water partition coefficient (Wildman–Crippen LogP) is 3.55. The number of anilines is 1. The Morgan fingerprint density at radius 1 is 1.35 bits per heavy atom. The molecule has 0 aromatic carbocycles. The number of carbonyl (C=O) groups is 1. The molecule has 0 bridgehead atoms. The number of nitrogens with one attached hydrogen (secondary N) is 1. The fourth-order valence-corrected chi connectivity index (χ4v) is 2.05. The summed E-state index contributed by atoms with van der Waals surface area (Å²) in [5, 5.41) is 3.15. The first-order valence-electron chi connectivity index (χ1n) is 7.65. The summed E-state index contributed by atoms with van der Waals surface area (Å²) in [6, 6.07) is 5.82. The number of nitrogens with zero attached hydrogens (tertiary/aromatic N) is 2. The Morgan fingerprint density at radius 3 is 2.70 bits per heavy atom. The van der Waals surface area contributed by atoms with Crippen LogP contribution in [0.1, 0.15) is 57.4 Å². The molecule has 1 amide bonds. The van der Waals surface area contributed by atoms with E-state index < -0.39 is 0 Å². The van der Waals surface area contributed by atoms with Crippen molar-refractivity contribution in [3.05, 3.63) is 23.9 Å². The first-order chi connectivity index (χ1) is 9.63. The van der Waals surface area contributed by atoms with Gasteiger partial charge in [0.25, 0.3) is 5.91 Å². The van der Waals surface area contributed by atoms with Gasteiger partial charge in [-0.25, -0.2) is 4.98 Å². The molecule has 0 aliphatic rings. The van der Waals surface area contributed by atoms with Crippen LogP contribution in [0.2, 0.25) is 0 Å². The van der Waals surface area contributed by atoms with Crippen molar-refractivity contribution in [1.29, 1.82) is 0 Å². The van der Waals surface area contributed by atoms with E-state index in [2.05, 4.69) is 31.1 Å². The van der Waals surface area contributed by atoms with Crippen molar-refractivity contribution < 1.29 is 4.79 Å². The molecule has 1 rings (SSSR count). The molecule has 0 aliphatic carbocycles. The van der Waals surface area contributed by atoms with E-state index in [1.807, 2.05) is 24.0 Å². The summed E-state index contributed by atoms with van der Waals surface area (Å²) in [6.07, 6.45) is 3.08. The second kappa shape index (κ2) is 8.56. The van der Waals surface area contributed by atoms with Gasteiger partial charge in [0.05, 0.1) is 0 Å². The summed E-state index contributed by atoms with van der Waals surface area (Å²) in [6.45, 7) is 9.97. The zero-order valence-electron chi connectivity index (χ0n) is 13.1. The molecule has 4 nitrogen and oxygen atoms in total. The first-order valence-corrected chi connectivity index (χ1v) is 7.65. The molecule has 1 unspecified atom stereocenters. The molecule has 1 heterocycles. The van der Waals surface area contributed by atoms with Gasteiger partial charge in [0.2, 0.25) is 0 Å². The van der Waals surface area contributed by atoms with Gasteiger partial charge >= 0.3 is 0 Å². The summed E-state index contributed by atoms with van der Waals surface area (Å²) in [4.78, 5) is 19.0. The van der Waals surface area contributed by atoms with Gasteiger partial charge in [0, 0.05) is 19.1 Å². The molecule has 0 saturated heterocycles. The molecular weight excluding hydrogens is 250 g/mol. The van der Waals surface area contributed by atoms with Crippen LogP contribution in [-0.2, 0) is 0 Å². The van der Waals surface area contributed by atoms with Gasteiger partial charge in [-0.3, -0.25) is 4.79 Å². The molecule has 20 heavy (non-hydrogen) atoms. The Bertz CT molecular complexity index is 420. The molecule has 1 aromatic heterocycles. The predicted molar refractivity (Wildman–Crippen MR) is 84.1 cm³/mol. The quantitative estimate of drug-likeness (QED) is 0.790. The lowest BCUT2D eigenvalue weighted by Gasteiger charge is -2.28. The number of rotatable bonds is 8. The molecule has 1 N–H and O–H groups in total. The molecule has 112 valence electrons. The van der Waals surface area contributed by atoms with Crippen LogP contribution in [0.15, 0.2) is 18.2 Å². The van der Waals surface area contributed by atoms with Crippen molar-refractivity contribution in [3.8, 4) is 0 Å². The molecule has 0 radical (unpaired) electrons. The maximum Gasteiger partial charge on any atom is 0.272 e. The Kier molecular flexibility index (Phi) is 7.05. The van der Waals surface area contributed by atoms with Crippen LogP contribution in [0.3, 0.4) is 0 Å². The number of unbranched alkanes of at least 4 members (excludes halogenated alkanes) is 1. The SMILES string of the molecule is CCCCN(C(=O)c1cccc(NCC)n1)C(C)CC. The van der Waals surface area contributed by atoms with E-state index >= 15 is 0 Å². The summed E-state index contributed by atoms with van der Waals surface area (Å²) >= 11 is 0. The lowest BCUT2D eigenvalue weighted by Crippen LogP contribution is -2.39. The summed E-state index contributed by atoms with van der Waals surface area (Å²) in [5.41, 5.74) is 0.528. The average Bonchev–Trinajstić information content (AvgIpc) is 2.47. The van der Waals surface area contributed by atoms with E-state index in [1.165, 1.54) is 0 Å². The molecule has 4 heteroatoms. The molecule has 1 aromatic rings. The van der Waals surface area contributed by atoms with Crippen LogP contribution in [-0.4, -0.2) is 34.9 Å². The van der Waals surface area contributed by atoms with E-state index in [0.717, 1.165) is 38.2 Å². The number of pyridine rings is 1. The van der Waals surface area contributed by atoms with Crippen molar-refractivity contribution in [1.82, 2.24) is 9.88 Å². The third-order valence-corrected chi connectivity index (χ3v) is 3.46. The van der Waals surface area contributed by atoms with Crippen molar-refractivity contribution in [2.24, 2.45) is 0 Å². The fraction of sp³-hybridized carbons (Fsp3) is 0.625. The van der Waals surface area contributed by atoms with Crippen LogP contribution >= 0.6 is 0 Å². The van der Waals surface area contributed by atoms with E-state index in [9.17, 15) is 4.79 Å². The fourth-order valence-electron chi connectivity index (χ4n) is 2.05. The first kappa shape index (κ1) is 16.5. The third kappa shape index (κ3) is 4.51. The average molecular weight is 277 g/mol. The van der Waals surface area contributed by atoms with Crippen molar-refractivity contribution in [2.45, 2.75) is 53.0 Å². The van der Waals surface area contributed by atoms with Crippen LogP contribution in [0.4, 0.5) is 5.82 Å². The van der Waals surface area contributed by atoms with Gasteiger partial charge in [-0.1, -0.05) is 26.3 Å². The number of carbonyl (C=O) groups excluding carboxylic acids is 1.